The summed E-state index contributed by atoms with van der Waals surface area (Å²) in [4.78, 5) is 13.0. The largest absolute Gasteiger partial charge is 0.456 e. The first kappa shape index (κ1) is 35.3. The number of para-hydroxylation sites is 2. The Balaban J connectivity index is 1.11. The van der Waals surface area contributed by atoms with Crippen LogP contribution in [0.25, 0.3) is 22.8 Å². The summed E-state index contributed by atoms with van der Waals surface area (Å²) in [5.41, 5.74) is 3.50. The number of nitrogens with one attached hydrogen (secondary N) is 4. The van der Waals surface area contributed by atoms with Gasteiger partial charge >= 0.3 is 0 Å². The van der Waals surface area contributed by atoms with Gasteiger partial charge in [0.2, 0.25) is 17.6 Å². The number of aromatic nitrogens is 8. The number of ether oxygens (including phenoxy) is 3. The molecule has 0 radical (unpaired) electrons. The highest BCUT2D eigenvalue weighted by Gasteiger charge is 2.31. The summed E-state index contributed by atoms with van der Waals surface area (Å²) in [5, 5.41) is 35.5. The summed E-state index contributed by atoms with van der Waals surface area (Å²) >= 11 is 0. The molecule has 6 aromatic rings. The third kappa shape index (κ3) is 8.67. The third-order valence-electron chi connectivity index (χ3n) is 9.48. The standard InChI is InChI=1S/C39H42N10O4/c1-24(2)28-19-18-25(3)20-36(28)51-23-37(50)41-27-11-8-10-26(21-27)40-22-31-34(52-32-14-6-4-12-29(32)38-42-46-47-43-38)16-9-17-35(31)53-33-15-7-5-13-30(33)39-44-48-49-45-39/h4-17,21,24-25,28,36,40H,18-20,22-23H2,1-3H3,(H,41,50)(H,42,43,46,47)(H,44,45,48,49). The lowest BCUT2D eigenvalue weighted by atomic mass is 9.75. The molecule has 3 unspecified atom stereocenters. The van der Waals surface area contributed by atoms with E-state index in [1.165, 1.54) is 6.42 Å². The van der Waals surface area contributed by atoms with Crippen molar-refractivity contribution >= 4 is 17.3 Å². The first-order valence-corrected chi connectivity index (χ1v) is 17.8. The molecular weight excluding hydrogens is 672 g/mol. The maximum Gasteiger partial charge on any atom is 0.250 e. The summed E-state index contributed by atoms with van der Waals surface area (Å²) in [6.45, 7) is 7.05. The zero-order chi connectivity index (χ0) is 36.6. The molecule has 272 valence electrons. The van der Waals surface area contributed by atoms with Gasteiger partial charge in [-0.05, 0) is 95.6 Å². The molecule has 4 N–H and O–H groups in total. The van der Waals surface area contributed by atoms with Crippen molar-refractivity contribution in [2.24, 2.45) is 17.8 Å². The second kappa shape index (κ2) is 16.5. The van der Waals surface area contributed by atoms with Crippen molar-refractivity contribution < 1.29 is 19.0 Å². The molecule has 2 heterocycles. The van der Waals surface area contributed by atoms with Crippen LogP contribution in [-0.4, -0.2) is 59.9 Å². The van der Waals surface area contributed by atoms with Crippen molar-refractivity contribution in [2.75, 3.05) is 17.2 Å². The first-order valence-electron chi connectivity index (χ1n) is 17.8. The smallest absolute Gasteiger partial charge is 0.250 e. The Morgan fingerprint density at radius 2 is 1.36 bits per heavy atom. The van der Waals surface area contributed by atoms with Crippen molar-refractivity contribution in [3.63, 3.8) is 0 Å². The van der Waals surface area contributed by atoms with E-state index >= 15 is 0 Å². The summed E-state index contributed by atoms with van der Waals surface area (Å²) in [5.74, 6) is 4.36. The molecular formula is C39H42N10O4. The normalized spacial score (nSPS) is 17.0. The van der Waals surface area contributed by atoms with Gasteiger partial charge in [0, 0.05) is 17.9 Å². The maximum absolute atomic E-state index is 13.0. The first-order chi connectivity index (χ1) is 25.9. The molecule has 2 aromatic heterocycles. The third-order valence-corrected chi connectivity index (χ3v) is 9.48. The monoisotopic (exact) mass is 714 g/mol. The molecule has 14 nitrogen and oxygen atoms in total. The predicted molar refractivity (Wildman–Crippen MR) is 199 cm³/mol. The molecule has 53 heavy (non-hydrogen) atoms. The molecule has 1 aliphatic rings. The van der Waals surface area contributed by atoms with Gasteiger partial charge in [-0.2, -0.15) is 10.4 Å². The summed E-state index contributed by atoms with van der Waals surface area (Å²) in [7, 11) is 0. The van der Waals surface area contributed by atoms with Crippen LogP contribution in [0.3, 0.4) is 0 Å². The van der Waals surface area contributed by atoms with Crippen molar-refractivity contribution in [1.82, 2.24) is 41.2 Å². The number of tetrazole rings is 2. The van der Waals surface area contributed by atoms with Crippen LogP contribution in [0.2, 0.25) is 0 Å². The van der Waals surface area contributed by atoms with Crippen molar-refractivity contribution in [3.05, 3.63) is 96.6 Å². The van der Waals surface area contributed by atoms with Crippen LogP contribution in [0.15, 0.2) is 91.0 Å². The molecule has 0 spiro atoms. The molecule has 3 atom stereocenters. The van der Waals surface area contributed by atoms with Gasteiger partial charge in [0.15, 0.2) is 0 Å². The average Bonchev–Trinajstić information content (AvgIpc) is 3.90. The summed E-state index contributed by atoms with van der Waals surface area (Å²) in [6.07, 6.45) is 3.42. The van der Waals surface area contributed by atoms with Crippen molar-refractivity contribution in [2.45, 2.75) is 52.7 Å². The fourth-order valence-electron chi connectivity index (χ4n) is 6.76. The van der Waals surface area contributed by atoms with Gasteiger partial charge in [-0.1, -0.05) is 63.6 Å². The van der Waals surface area contributed by atoms with Crippen molar-refractivity contribution in [1.29, 1.82) is 0 Å². The molecule has 1 amide bonds. The number of amides is 1. The van der Waals surface area contributed by atoms with E-state index in [1.54, 1.807) is 0 Å². The van der Waals surface area contributed by atoms with Crippen LogP contribution in [-0.2, 0) is 16.1 Å². The number of nitrogens with zero attached hydrogens (tertiary/aromatic N) is 6. The Hall–Kier alpha value is -6.15. The van der Waals surface area contributed by atoms with E-state index in [1.807, 2.05) is 91.0 Å². The Labute approximate surface area is 307 Å². The fraction of sp³-hybridized carbons (Fsp3) is 0.308. The quantitative estimate of drug-likeness (QED) is 0.0871. The number of carbonyl (C=O) groups is 1. The number of carbonyl (C=O) groups excluding carboxylic acids is 1. The van der Waals surface area contributed by atoms with E-state index in [-0.39, 0.29) is 18.6 Å². The number of rotatable bonds is 14. The number of aromatic amines is 2. The highest BCUT2D eigenvalue weighted by Crippen LogP contribution is 2.40. The highest BCUT2D eigenvalue weighted by atomic mass is 16.5. The Kier molecular flexibility index (Phi) is 11.0. The Bertz CT molecular complexity index is 2010. The Morgan fingerprint density at radius 3 is 1.96 bits per heavy atom. The molecule has 4 aromatic carbocycles. The zero-order valence-corrected chi connectivity index (χ0v) is 29.8. The number of H-pyrrole nitrogens is 2. The van der Waals surface area contributed by atoms with Crippen molar-refractivity contribution in [3.8, 4) is 45.8 Å². The van der Waals surface area contributed by atoms with Crippen LogP contribution >= 0.6 is 0 Å². The molecule has 0 aliphatic heterocycles. The van der Waals surface area contributed by atoms with Crippen LogP contribution in [0.5, 0.6) is 23.0 Å². The minimum absolute atomic E-state index is 0.0142. The Morgan fingerprint density at radius 1 is 0.774 bits per heavy atom. The topological polar surface area (TPSA) is 178 Å². The second-order valence-electron chi connectivity index (χ2n) is 13.6. The minimum atomic E-state index is -0.183. The second-order valence-corrected chi connectivity index (χ2v) is 13.6. The average molecular weight is 715 g/mol. The summed E-state index contributed by atoms with van der Waals surface area (Å²) in [6, 6.07) is 28.1. The lowest BCUT2D eigenvalue weighted by Gasteiger charge is -2.37. The molecule has 1 saturated carbocycles. The summed E-state index contributed by atoms with van der Waals surface area (Å²) < 4.78 is 19.3. The molecule has 7 rings (SSSR count). The number of benzene rings is 4. The SMILES string of the molecule is CC1CCC(C(C)C)C(OCC(=O)Nc2cccc(NCc3c(Oc4ccccc4-c4nn[nH]n4)cccc3Oc3ccccc3-c3nn[nH]n3)c2)C1. The van der Waals surface area contributed by atoms with Gasteiger partial charge < -0.3 is 24.8 Å². The number of anilines is 2. The van der Waals surface area contributed by atoms with Crippen LogP contribution < -0.4 is 20.1 Å². The molecule has 1 aliphatic carbocycles. The molecule has 14 heteroatoms. The van der Waals surface area contributed by atoms with E-state index in [9.17, 15) is 4.79 Å². The van der Waals surface area contributed by atoms with Crippen LogP contribution in [0.4, 0.5) is 11.4 Å². The minimum Gasteiger partial charge on any atom is -0.456 e. The molecule has 0 bridgehead atoms. The fourth-order valence-corrected chi connectivity index (χ4v) is 6.76. The predicted octanol–water partition coefficient (Wildman–Crippen LogP) is 7.66. The number of hydrogen-bond acceptors (Lipinski definition) is 11. The number of hydrogen-bond donors (Lipinski definition) is 4. The zero-order valence-electron chi connectivity index (χ0n) is 29.8. The van der Waals surface area contributed by atoms with E-state index in [2.05, 4.69) is 72.7 Å². The molecule has 1 fully saturated rings. The van der Waals surface area contributed by atoms with Gasteiger partial charge in [-0.15, -0.1) is 20.4 Å². The van der Waals surface area contributed by atoms with Gasteiger partial charge in [-0.3, -0.25) is 4.79 Å². The lowest BCUT2D eigenvalue weighted by molar-refractivity contribution is -0.126. The van der Waals surface area contributed by atoms with Gasteiger partial charge in [0.1, 0.15) is 29.6 Å². The van der Waals surface area contributed by atoms with E-state index < -0.39 is 0 Å². The lowest BCUT2D eigenvalue weighted by Crippen LogP contribution is -2.36. The van der Waals surface area contributed by atoms with E-state index in [0.717, 1.165) is 24.1 Å². The van der Waals surface area contributed by atoms with E-state index in [0.29, 0.717) is 75.8 Å². The molecule has 0 saturated heterocycles. The van der Waals surface area contributed by atoms with Crippen LogP contribution in [0, 0.1) is 17.8 Å². The van der Waals surface area contributed by atoms with Gasteiger partial charge in [0.05, 0.1) is 22.8 Å². The van der Waals surface area contributed by atoms with Gasteiger partial charge in [-0.25, -0.2) is 0 Å². The van der Waals surface area contributed by atoms with Crippen LogP contribution in [0.1, 0.15) is 45.6 Å². The van der Waals surface area contributed by atoms with Gasteiger partial charge in [0.25, 0.3) is 0 Å². The van der Waals surface area contributed by atoms with E-state index in [4.69, 9.17) is 14.2 Å². The maximum atomic E-state index is 13.0. The highest BCUT2D eigenvalue weighted by molar-refractivity contribution is 5.92.